The molecule has 2 aromatic carbocycles. The van der Waals surface area contributed by atoms with E-state index in [1.165, 1.54) is 29.9 Å². The first kappa shape index (κ1) is 19.0. The van der Waals surface area contributed by atoms with Crippen LogP contribution in [0.2, 0.25) is 0 Å². The molecule has 6 nitrogen and oxygen atoms in total. The lowest BCUT2D eigenvalue weighted by Crippen LogP contribution is -2.29. The SMILES string of the molecule is COc1ccc(-n2c([C@H]3C[C@H](F)CN3)nc3c(C)cc(C#N)cc3c2=O)cc1F. The predicted octanol–water partition coefficient (Wildman–Crippen LogP) is 3.09. The maximum atomic E-state index is 14.4. The van der Waals surface area contributed by atoms with Crippen LogP contribution in [0.3, 0.4) is 0 Å². The van der Waals surface area contributed by atoms with Gasteiger partial charge in [-0.25, -0.2) is 13.8 Å². The van der Waals surface area contributed by atoms with E-state index in [4.69, 9.17) is 4.74 Å². The molecule has 29 heavy (non-hydrogen) atoms. The molecule has 0 aliphatic carbocycles. The highest BCUT2D eigenvalue weighted by atomic mass is 19.1. The number of benzene rings is 2. The van der Waals surface area contributed by atoms with E-state index in [9.17, 15) is 18.8 Å². The number of alkyl halides is 1. The van der Waals surface area contributed by atoms with Crippen LogP contribution in [0.25, 0.3) is 16.6 Å². The van der Waals surface area contributed by atoms with E-state index in [1.54, 1.807) is 19.1 Å². The topological polar surface area (TPSA) is 79.9 Å². The van der Waals surface area contributed by atoms with Crippen molar-refractivity contribution in [3.8, 4) is 17.5 Å². The van der Waals surface area contributed by atoms with Crippen LogP contribution < -0.4 is 15.6 Å². The molecular formula is C21H18F2N4O2. The third-order valence-electron chi connectivity index (χ3n) is 5.10. The Morgan fingerprint density at radius 2 is 2.14 bits per heavy atom. The van der Waals surface area contributed by atoms with Crippen molar-refractivity contribution in [3.05, 3.63) is 63.5 Å². The number of methoxy groups -OCH3 is 1. The van der Waals surface area contributed by atoms with Crippen molar-refractivity contribution in [1.29, 1.82) is 5.26 Å². The van der Waals surface area contributed by atoms with Gasteiger partial charge in [0.25, 0.3) is 5.56 Å². The van der Waals surface area contributed by atoms with E-state index in [1.807, 2.05) is 6.07 Å². The summed E-state index contributed by atoms with van der Waals surface area (Å²) in [7, 11) is 1.35. The number of rotatable bonds is 3. The van der Waals surface area contributed by atoms with Crippen LogP contribution in [0.4, 0.5) is 8.78 Å². The number of nitriles is 1. The second-order valence-electron chi connectivity index (χ2n) is 7.02. The number of aryl methyl sites for hydroxylation is 1. The zero-order chi connectivity index (χ0) is 20.7. The van der Waals surface area contributed by atoms with Gasteiger partial charge in [-0.3, -0.25) is 9.36 Å². The Bertz CT molecular complexity index is 1220. The number of nitrogens with zero attached hydrogens (tertiary/aromatic N) is 3. The lowest BCUT2D eigenvalue weighted by molar-refractivity contribution is 0.354. The summed E-state index contributed by atoms with van der Waals surface area (Å²) in [6.45, 7) is 1.92. The highest BCUT2D eigenvalue weighted by Crippen LogP contribution is 2.28. The summed E-state index contributed by atoms with van der Waals surface area (Å²) < 4.78 is 34.4. The zero-order valence-corrected chi connectivity index (χ0v) is 15.9. The van der Waals surface area contributed by atoms with E-state index in [0.29, 0.717) is 22.5 Å². The second kappa shape index (κ2) is 7.26. The van der Waals surface area contributed by atoms with Crippen molar-refractivity contribution in [3.63, 3.8) is 0 Å². The van der Waals surface area contributed by atoms with Crippen molar-refractivity contribution >= 4 is 10.9 Å². The van der Waals surface area contributed by atoms with Gasteiger partial charge in [-0.2, -0.15) is 5.26 Å². The van der Waals surface area contributed by atoms with Crippen LogP contribution in [0.1, 0.15) is 29.4 Å². The van der Waals surface area contributed by atoms with Crippen LogP contribution >= 0.6 is 0 Å². The zero-order valence-electron chi connectivity index (χ0n) is 15.9. The smallest absolute Gasteiger partial charge is 0.266 e. The summed E-state index contributed by atoms with van der Waals surface area (Å²) in [5, 5.41) is 12.5. The minimum atomic E-state index is -1.06. The molecule has 0 bridgehead atoms. The molecule has 2 heterocycles. The highest BCUT2D eigenvalue weighted by molar-refractivity contribution is 5.83. The van der Waals surface area contributed by atoms with E-state index in [2.05, 4.69) is 10.3 Å². The molecule has 4 rings (SSSR count). The molecule has 1 aromatic heterocycles. The maximum absolute atomic E-state index is 14.4. The number of halogens is 2. The molecular weight excluding hydrogens is 378 g/mol. The average molecular weight is 396 g/mol. The fourth-order valence-corrected chi connectivity index (χ4v) is 3.71. The summed E-state index contributed by atoms with van der Waals surface area (Å²) in [5.41, 5.74) is 1.25. The van der Waals surface area contributed by atoms with Gasteiger partial charge >= 0.3 is 0 Å². The molecule has 148 valence electrons. The van der Waals surface area contributed by atoms with Gasteiger partial charge in [0.15, 0.2) is 11.6 Å². The first-order valence-electron chi connectivity index (χ1n) is 9.11. The summed E-state index contributed by atoms with van der Waals surface area (Å²) >= 11 is 0. The Hall–Kier alpha value is -3.31. The Morgan fingerprint density at radius 1 is 1.34 bits per heavy atom. The number of nitrogens with one attached hydrogen (secondary N) is 1. The van der Waals surface area contributed by atoms with Crippen molar-refractivity contribution in [1.82, 2.24) is 14.9 Å². The first-order chi connectivity index (χ1) is 13.9. The van der Waals surface area contributed by atoms with Gasteiger partial charge in [-0.15, -0.1) is 0 Å². The maximum Gasteiger partial charge on any atom is 0.266 e. The van der Waals surface area contributed by atoms with Crippen molar-refractivity contribution in [2.45, 2.75) is 25.6 Å². The van der Waals surface area contributed by atoms with Crippen LogP contribution in [-0.4, -0.2) is 29.4 Å². The molecule has 3 aromatic rings. The molecule has 1 aliphatic heterocycles. The van der Waals surface area contributed by atoms with E-state index >= 15 is 0 Å². The number of ether oxygens (including phenoxy) is 1. The average Bonchev–Trinajstić information content (AvgIpc) is 3.14. The van der Waals surface area contributed by atoms with Gasteiger partial charge in [-0.05, 0) is 36.8 Å². The van der Waals surface area contributed by atoms with Gasteiger partial charge < -0.3 is 10.1 Å². The molecule has 8 heteroatoms. The van der Waals surface area contributed by atoms with Gasteiger partial charge in [0.2, 0.25) is 0 Å². The molecule has 0 spiro atoms. The highest BCUT2D eigenvalue weighted by Gasteiger charge is 2.30. The van der Waals surface area contributed by atoms with Crippen molar-refractivity contribution in [2.75, 3.05) is 13.7 Å². The number of hydrogen-bond acceptors (Lipinski definition) is 5. The quantitative estimate of drug-likeness (QED) is 0.736. The second-order valence-corrected chi connectivity index (χ2v) is 7.02. The Morgan fingerprint density at radius 3 is 2.76 bits per heavy atom. The molecule has 0 unspecified atom stereocenters. The van der Waals surface area contributed by atoms with Crippen molar-refractivity contribution < 1.29 is 13.5 Å². The minimum Gasteiger partial charge on any atom is -0.494 e. The summed E-state index contributed by atoms with van der Waals surface area (Å²) in [6.07, 6.45) is -0.901. The first-order valence-corrected chi connectivity index (χ1v) is 9.11. The lowest BCUT2D eigenvalue weighted by atomic mass is 10.1. The Labute approximate surface area is 165 Å². The van der Waals surface area contributed by atoms with Crippen LogP contribution in [-0.2, 0) is 0 Å². The van der Waals surface area contributed by atoms with Crippen LogP contribution in [0.15, 0.2) is 35.1 Å². The van der Waals surface area contributed by atoms with Gasteiger partial charge in [0.05, 0.1) is 41.4 Å². The third kappa shape index (κ3) is 3.23. The molecule has 0 saturated carbocycles. The monoisotopic (exact) mass is 396 g/mol. The largest absolute Gasteiger partial charge is 0.494 e. The van der Waals surface area contributed by atoms with Gasteiger partial charge in [-0.1, -0.05) is 0 Å². The lowest BCUT2D eigenvalue weighted by Gasteiger charge is -2.19. The summed E-state index contributed by atoms with van der Waals surface area (Å²) in [4.78, 5) is 18.1. The molecule has 1 fully saturated rings. The van der Waals surface area contributed by atoms with Crippen molar-refractivity contribution in [2.24, 2.45) is 0 Å². The van der Waals surface area contributed by atoms with E-state index in [0.717, 1.165) is 0 Å². The van der Waals surface area contributed by atoms with Crippen LogP contribution in [0.5, 0.6) is 5.75 Å². The summed E-state index contributed by atoms with van der Waals surface area (Å²) in [6, 6.07) is 8.80. The molecule has 2 atom stereocenters. The Balaban J connectivity index is 2.04. The van der Waals surface area contributed by atoms with E-state index < -0.39 is 23.6 Å². The molecule has 1 N–H and O–H groups in total. The number of aromatic nitrogens is 2. The van der Waals surface area contributed by atoms with Gasteiger partial charge in [0, 0.05) is 19.0 Å². The van der Waals surface area contributed by atoms with Gasteiger partial charge in [0.1, 0.15) is 12.0 Å². The number of fused-ring (bicyclic) bond motifs is 1. The molecule has 0 amide bonds. The predicted molar refractivity (Wildman–Crippen MR) is 104 cm³/mol. The molecule has 1 aliphatic rings. The molecule has 0 radical (unpaired) electrons. The third-order valence-corrected chi connectivity index (χ3v) is 5.10. The Kier molecular flexibility index (Phi) is 4.76. The van der Waals surface area contributed by atoms with E-state index in [-0.39, 0.29) is 29.8 Å². The standard InChI is InChI=1S/C21H18F2N4O2/c1-11-5-12(9-24)6-15-19(11)26-20(17-7-13(22)10-25-17)27(21(15)28)14-3-4-18(29-2)16(23)8-14/h3-6,8,13,17,25H,7,10H2,1-2H3/t13-,17+/m0/s1. The minimum absolute atomic E-state index is 0.0440. The fourth-order valence-electron chi connectivity index (χ4n) is 3.71. The molecule has 1 saturated heterocycles. The normalized spacial score (nSPS) is 18.7. The fraction of sp³-hybridized carbons (Fsp3) is 0.286. The summed E-state index contributed by atoms with van der Waals surface area (Å²) in [5.74, 6) is -0.282. The van der Waals surface area contributed by atoms with Crippen LogP contribution in [0, 0.1) is 24.1 Å². The number of hydrogen-bond donors (Lipinski definition) is 1.